The number of amides is 2. The first kappa shape index (κ1) is 42.6. The van der Waals surface area contributed by atoms with Gasteiger partial charge in [-0.15, -0.1) is 0 Å². The van der Waals surface area contributed by atoms with Gasteiger partial charge in [0, 0.05) is 106 Å². The van der Waals surface area contributed by atoms with E-state index in [0.29, 0.717) is 74.1 Å². The second kappa shape index (κ2) is 18.7. The van der Waals surface area contributed by atoms with Crippen molar-refractivity contribution < 1.29 is 28.7 Å². The second-order valence-corrected chi connectivity index (χ2v) is 17.0. The number of carbonyl (C=O) groups is 4. The topological polar surface area (TPSA) is 144 Å². The molecular formula is C45H55ClN6O6. The summed E-state index contributed by atoms with van der Waals surface area (Å²) in [6.07, 6.45) is 0.631. The summed E-state index contributed by atoms with van der Waals surface area (Å²) in [7, 11) is 0. The second-order valence-electron chi connectivity index (χ2n) is 16.6. The quantitative estimate of drug-likeness (QED) is 0.0935. The maximum atomic E-state index is 13.6. The molecule has 2 saturated heterocycles. The van der Waals surface area contributed by atoms with Gasteiger partial charge in [-0.2, -0.15) is 5.26 Å². The molecule has 0 radical (unpaired) electrons. The standard InChI is InChI=1S/C45H55ClN6O6/c1-44(2)40(45(3,4)43(44)58-35-14-11-32(30-47)37(46)28-35)29-39(54)31-9-12-33(13-10-31)51-22-20-50(21-23-51)24-26-57-25-17-48-38-8-6-5-7-36(38)42(56)49-16-19-52-18-15-34(53)27-41(52)55/h5-14,28,40,43,48H,15-27,29H2,1-4H3,(H,49,56). The van der Waals surface area contributed by atoms with Gasteiger partial charge in [0.1, 0.15) is 23.7 Å². The Bertz CT molecular complexity index is 1990. The van der Waals surface area contributed by atoms with Crippen LogP contribution >= 0.6 is 11.6 Å². The summed E-state index contributed by atoms with van der Waals surface area (Å²) in [6.45, 7) is 15.8. The smallest absolute Gasteiger partial charge is 0.253 e. The van der Waals surface area contributed by atoms with Crippen LogP contribution in [0, 0.1) is 28.1 Å². The van der Waals surface area contributed by atoms with Crippen molar-refractivity contribution in [3.8, 4) is 11.8 Å². The predicted octanol–water partition coefficient (Wildman–Crippen LogP) is 6.09. The number of anilines is 2. The number of piperidine rings is 1. The molecule has 3 aliphatic rings. The lowest BCUT2D eigenvalue weighted by Crippen LogP contribution is -2.66. The average Bonchev–Trinajstić information content (AvgIpc) is 3.21. The van der Waals surface area contributed by atoms with Crippen molar-refractivity contribution in [2.24, 2.45) is 16.7 Å². The largest absolute Gasteiger partial charge is 0.489 e. The van der Waals surface area contributed by atoms with Crippen LogP contribution in [0.1, 0.15) is 73.2 Å². The molecule has 3 aromatic carbocycles. The number of hydrogen-bond acceptors (Lipinski definition) is 10. The van der Waals surface area contributed by atoms with Gasteiger partial charge in [-0.3, -0.25) is 24.1 Å². The van der Waals surface area contributed by atoms with Gasteiger partial charge in [-0.25, -0.2) is 0 Å². The number of rotatable bonds is 17. The molecule has 0 atom stereocenters. The maximum absolute atomic E-state index is 13.6. The van der Waals surface area contributed by atoms with Gasteiger partial charge in [-0.1, -0.05) is 51.4 Å². The molecule has 2 aliphatic heterocycles. The van der Waals surface area contributed by atoms with Crippen LogP contribution in [0.2, 0.25) is 5.02 Å². The van der Waals surface area contributed by atoms with Gasteiger partial charge in [0.05, 0.1) is 35.8 Å². The first-order valence-electron chi connectivity index (χ1n) is 20.2. The van der Waals surface area contributed by atoms with E-state index in [4.69, 9.17) is 21.1 Å². The Morgan fingerprint density at radius 1 is 0.897 bits per heavy atom. The van der Waals surface area contributed by atoms with Crippen LogP contribution in [0.5, 0.6) is 5.75 Å². The van der Waals surface area contributed by atoms with Crippen LogP contribution in [0.25, 0.3) is 0 Å². The number of halogens is 1. The van der Waals surface area contributed by atoms with Crippen molar-refractivity contribution in [2.75, 3.05) is 82.3 Å². The van der Waals surface area contributed by atoms with Crippen molar-refractivity contribution in [2.45, 2.75) is 53.1 Å². The predicted molar refractivity (Wildman–Crippen MR) is 225 cm³/mol. The molecule has 308 valence electrons. The highest BCUT2D eigenvalue weighted by atomic mass is 35.5. The summed E-state index contributed by atoms with van der Waals surface area (Å²) >= 11 is 6.25. The van der Waals surface area contributed by atoms with Crippen molar-refractivity contribution in [1.82, 2.24) is 15.1 Å². The lowest BCUT2D eigenvalue weighted by Gasteiger charge is -2.63. The van der Waals surface area contributed by atoms with E-state index in [1.54, 1.807) is 29.2 Å². The summed E-state index contributed by atoms with van der Waals surface area (Å²) in [5.74, 6) is 0.444. The van der Waals surface area contributed by atoms with Gasteiger partial charge >= 0.3 is 0 Å². The molecule has 0 aromatic heterocycles. The van der Waals surface area contributed by atoms with E-state index in [-0.39, 0.29) is 52.7 Å². The van der Waals surface area contributed by atoms with Crippen LogP contribution in [0.4, 0.5) is 11.4 Å². The molecule has 1 saturated carbocycles. The van der Waals surface area contributed by atoms with E-state index < -0.39 is 0 Å². The number of benzene rings is 3. The Morgan fingerprint density at radius 3 is 2.31 bits per heavy atom. The minimum atomic E-state index is -0.239. The number of Topliss-reactive ketones (excluding diaryl/α,β-unsaturated/α-hetero) is 2. The number of nitrogens with one attached hydrogen (secondary N) is 2. The molecular weight excluding hydrogens is 756 g/mol. The van der Waals surface area contributed by atoms with Crippen LogP contribution in [0.15, 0.2) is 66.7 Å². The zero-order valence-corrected chi connectivity index (χ0v) is 34.8. The number of hydrogen-bond donors (Lipinski definition) is 2. The third kappa shape index (κ3) is 10.0. The molecule has 0 unspecified atom stereocenters. The number of nitrogens with zero attached hydrogens (tertiary/aromatic N) is 4. The first-order chi connectivity index (χ1) is 27.8. The van der Waals surface area contributed by atoms with Gasteiger partial charge in [0.2, 0.25) is 5.91 Å². The summed E-state index contributed by atoms with van der Waals surface area (Å²) in [6, 6.07) is 22.5. The molecule has 1 aliphatic carbocycles. The average molecular weight is 811 g/mol. The van der Waals surface area contributed by atoms with Gasteiger partial charge in [0.15, 0.2) is 5.78 Å². The summed E-state index contributed by atoms with van der Waals surface area (Å²) < 4.78 is 12.3. The molecule has 13 heteroatoms. The Labute approximate surface area is 346 Å². The van der Waals surface area contributed by atoms with Crippen LogP contribution in [-0.2, 0) is 14.3 Å². The molecule has 0 spiro atoms. The normalized spacial score (nSPS) is 20.2. The molecule has 12 nitrogen and oxygen atoms in total. The van der Waals surface area contributed by atoms with Crippen LogP contribution in [-0.4, -0.2) is 111 Å². The monoisotopic (exact) mass is 810 g/mol. The Balaban J connectivity index is 0.872. The Kier molecular flexibility index (Phi) is 13.8. The molecule has 2 heterocycles. The highest BCUT2D eigenvalue weighted by Gasteiger charge is 2.63. The number of para-hydroxylation sites is 1. The lowest BCUT2D eigenvalue weighted by molar-refractivity contribution is -0.196. The van der Waals surface area contributed by atoms with Crippen molar-refractivity contribution in [1.29, 1.82) is 5.26 Å². The van der Waals surface area contributed by atoms with Gasteiger partial charge in [0.25, 0.3) is 5.91 Å². The number of ketones is 2. The highest BCUT2D eigenvalue weighted by molar-refractivity contribution is 6.31. The van der Waals surface area contributed by atoms with E-state index in [1.807, 2.05) is 30.3 Å². The van der Waals surface area contributed by atoms with Gasteiger partial charge < -0.3 is 29.9 Å². The molecule has 3 aromatic rings. The number of carbonyl (C=O) groups excluding carboxylic acids is 4. The minimum Gasteiger partial charge on any atom is -0.489 e. The first-order valence-corrected chi connectivity index (χ1v) is 20.6. The van der Waals surface area contributed by atoms with E-state index in [1.165, 1.54) is 0 Å². The Hall–Kier alpha value is -4.96. The summed E-state index contributed by atoms with van der Waals surface area (Å²) in [5, 5.41) is 15.8. The van der Waals surface area contributed by atoms with E-state index in [0.717, 1.165) is 49.7 Å². The summed E-state index contributed by atoms with van der Waals surface area (Å²) in [5.41, 5.74) is 3.01. The molecule has 2 amide bonds. The van der Waals surface area contributed by atoms with Gasteiger partial charge in [-0.05, 0) is 54.4 Å². The Morgan fingerprint density at radius 2 is 1.62 bits per heavy atom. The molecule has 0 bridgehead atoms. The molecule has 2 N–H and O–H groups in total. The van der Waals surface area contributed by atoms with E-state index in [9.17, 15) is 24.4 Å². The van der Waals surface area contributed by atoms with Crippen molar-refractivity contribution in [3.63, 3.8) is 0 Å². The zero-order valence-electron chi connectivity index (χ0n) is 34.0. The third-order valence-corrected chi connectivity index (χ3v) is 12.4. The molecule has 3 fully saturated rings. The fraction of sp³-hybridized carbons (Fsp3) is 0.489. The SMILES string of the molecule is CC1(C)C(CC(=O)c2ccc(N3CCN(CCOCCNc4ccccc4C(=O)NCCN4CCC(=O)CC4=O)CC3)cc2)C(C)(C)C1Oc1ccc(C#N)c(Cl)c1. The lowest BCUT2D eigenvalue weighted by atomic mass is 9.44. The fourth-order valence-corrected chi connectivity index (χ4v) is 9.19. The number of nitriles is 1. The molecule has 58 heavy (non-hydrogen) atoms. The third-order valence-electron chi connectivity index (χ3n) is 12.1. The van der Waals surface area contributed by atoms with Crippen LogP contribution < -0.4 is 20.3 Å². The number of ether oxygens (including phenoxy) is 2. The number of likely N-dealkylation sites (tertiary alicyclic amines) is 1. The maximum Gasteiger partial charge on any atom is 0.253 e. The number of piperazine rings is 1. The zero-order chi connectivity index (χ0) is 41.5. The van der Waals surface area contributed by atoms with Crippen molar-refractivity contribution >= 4 is 46.4 Å². The van der Waals surface area contributed by atoms with Crippen LogP contribution in [0.3, 0.4) is 0 Å². The van der Waals surface area contributed by atoms with Crippen molar-refractivity contribution in [3.05, 3.63) is 88.4 Å². The molecule has 6 rings (SSSR count). The fourth-order valence-electron chi connectivity index (χ4n) is 8.98. The van der Waals surface area contributed by atoms with E-state index >= 15 is 0 Å². The summed E-state index contributed by atoms with van der Waals surface area (Å²) in [4.78, 5) is 56.3. The van der Waals surface area contributed by atoms with E-state index in [2.05, 4.69) is 66.3 Å². The highest BCUT2D eigenvalue weighted by Crippen LogP contribution is 2.61. The minimum absolute atomic E-state index is 0.0335.